The van der Waals surface area contributed by atoms with Gasteiger partial charge < -0.3 is 15.0 Å². The highest BCUT2D eigenvalue weighted by atomic mass is 32.1. The molecular weight excluding hydrogens is 406 g/mol. The lowest BCUT2D eigenvalue weighted by molar-refractivity contribution is -0.133. The number of nitrogens with one attached hydrogen (secondary N) is 1. The number of rotatable bonds is 6. The Morgan fingerprint density at radius 2 is 2.07 bits per heavy atom. The van der Waals surface area contributed by atoms with E-state index in [9.17, 15) is 9.59 Å². The molecule has 0 saturated heterocycles. The monoisotopic (exact) mass is 427 g/mol. The molecule has 150 valence electrons. The molecule has 0 aliphatic carbocycles. The van der Waals surface area contributed by atoms with Crippen LogP contribution in [0.3, 0.4) is 0 Å². The van der Waals surface area contributed by atoms with Crippen LogP contribution in [0.15, 0.2) is 41.1 Å². The summed E-state index contributed by atoms with van der Waals surface area (Å²) in [4.78, 5) is 32.4. The van der Waals surface area contributed by atoms with Gasteiger partial charge in [-0.1, -0.05) is 12.1 Å². The Balaban J connectivity index is 1.30. The number of nitrogens with zero attached hydrogens (tertiary/aromatic N) is 2. The molecule has 0 fully saturated rings. The standard InChI is InChI=1S/C21H21N3O3S2/c1-27-17-5-3-2-4-15(17)16-13-29-21(22-16)23-19(25)6-7-20(26)24-10-8-18-14(12-24)9-11-28-18/h2-5,9,11,13H,6-8,10,12H2,1H3,(H,22,23,25). The van der Waals surface area contributed by atoms with Crippen LogP contribution in [-0.2, 0) is 22.6 Å². The number of hydrogen-bond donors (Lipinski definition) is 1. The van der Waals surface area contributed by atoms with Crippen LogP contribution in [0.2, 0.25) is 0 Å². The molecule has 0 bridgehead atoms. The Hall–Kier alpha value is -2.71. The minimum atomic E-state index is -0.201. The van der Waals surface area contributed by atoms with E-state index >= 15 is 0 Å². The number of methoxy groups -OCH3 is 1. The van der Waals surface area contributed by atoms with Crippen LogP contribution in [0.1, 0.15) is 23.3 Å². The Bertz CT molecular complexity index is 1030. The van der Waals surface area contributed by atoms with Crippen molar-refractivity contribution in [2.45, 2.75) is 25.8 Å². The molecule has 0 spiro atoms. The zero-order valence-electron chi connectivity index (χ0n) is 16.0. The van der Waals surface area contributed by atoms with Gasteiger partial charge in [0, 0.05) is 41.8 Å². The number of hydrogen-bond acceptors (Lipinski definition) is 6. The van der Waals surface area contributed by atoms with Gasteiger partial charge in [0.25, 0.3) is 0 Å². The van der Waals surface area contributed by atoms with Crippen LogP contribution < -0.4 is 10.1 Å². The SMILES string of the molecule is COc1ccccc1-c1csc(NC(=O)CCC(=O)N2CCc3sccc3C2)n1. The average molecular weight is 428 g/mol. The van der Waals surface area contributed by atoms with Crippen molar-refractivity contribution < 1.29 is 14.3 Å². The number of thiophene rings is 1. The number of thiazole rings is 1. The van der Waals surface area contributed by atoms with E-state index in [4.69, 9.17) is 4.74 Å². The van der Waals surface area contributed by atoms with Gasteiger partial charge in [-0.15, -0.1) is 22.7 Å². The molecule has 0 atom stereocenters. The van der Waals surface area contributed by atoms with Crippen LogP contribution >= 0.6 is 22.7 Å². The molecule has 1 aliphatic heterocycles. The lowest BCUT2D eigenvalue weighted by Gasteiger charge is -2.27. The molecule has 29 heavy (non-hydrogen) atoms. The van der Waals surface area contributed by atoms with Crippen molar-refractivity contribution in [2.24, 2.45) is 0 Å². The molecule has 1 aromatic carbocycles. The summed E-state index contributed by atoms with van der Waals surface area (Å²) in [5, 5.41) is 7.26. The highest BCUT2D eigenvalue weighted by molar-refractivity contribution is 7.14. The number of para-hydroxylation sites is 1. The van der Waals surface area contributed by atoms with E-state index in [1.807, 2.05) is 34.5 Å². The van der Waals surface area contributed by atoms with Crippen LogP contribution in [0.4, 0.5) is 5.13 Å². The number of amides is 2. The largest absolute Gasteiger partial charge is 0.496 e. The lowest BCUT2D eigenvalue weighted by Crippen LogP contribution is -2.35. The van der Waals surface area contributed by atoms with Crippen LogP contribution in [0.5, 0.6) is 5.75 Å². The fourth-order valence-corrected chi connectivity index (χ4v) is 4.95. The Morgan fingerprint density at radius 3 is 2.93 bits per heavy atom. The number of carbonyl (C=O) groups excluding carboxylic acids is 2. The number of carbonyl (C=O) groups is 2. The molecule has 2 aromatic heterocycles. The third-order valence-electron chi connectivity index (χ3n) is 4.86. The van der Waals surface area contributed by atoms with Crippen molar-refractivity contribution in [1.29, 1.82) is 0 Å². The maximum atomic E-state index is 12.5. The van der Waals surface area contributed by atoms with Crippen LogP contribution in [0.25, 0.3) is 11.3 Å². The quantitative estimate of drug-likeness (QED) is 0.640. The number of fused-ring (bicyclic) bond motifs is 1. The first-order chi connectivity index (χ1) is 14.1. The van der Waals surface area contributed by atoms with Crippen LogP contribution in [-0.4, -0.2) is 35.4 Å². The first-order valence-corrected chi connectivity index (χ1v) is 11.1. The van der Waals surface area contributed by atoms with E-state index in [0.717, 1.165) is 30.0 Å². The van der Waals surface area contributed by atoms with Gasteiger partial charge in [0.2, 0.25) is 11.8 Å². The maximum Gasteiger partial charge on any atom is 0.226 e. The highest BCUT2D eigenvalue weighted by Crippen LogP contribution is 2.32. The van der Waals surface area contributed by atoms with Crippen molar-refractivity contribution in [3.05, 3.63) is 51.5 Å². The van der Waals surface area contributed by atoms with Gasteiger partial charge >= 0.3 is 0 Å². The van der Waals surface area contributed by atoms with Crippen molar-refractivity contribution in [1.82, 2.24) is 9.88 Å². The smallest absolute Gasteiger partial charge is 0.226 e. The summed E-state index contributed by atoms with van der Waals surface area (Å²) < 4.78 is 5.37. The molecule has 4 rings (SSSR count). The molecule has 3 aromatic rings. The predicted octanol–water partition coefficient (Wildman–Crippen LogP) is 4.18. The minimum Gasteiger partial charge on any atom is -0.496 e. The second kappa shape index (κ2) is 8.75. The van der Waals surface area contributed by atoms with Gasteiger partial charge in [0.15, 0.2) is 5.13 Å². The highest BCUT2D eigenvalue weighted by Gasteiger charge is 2.22. The minimum absolute atomic E-state index is 0.0193. The van der Waals surface area contributed by atoms with Crippen molar-refractivity contribution in [3.8, 4) is 17.0 Å². The number of ether oxygens (including phenoxy) is 1. The zero-order valence-corrected chi connectivity index (χ0v) is 17.6. The van der Waals surface area contributed by atoms with E-state index in [2.05, 4.69) is 21.7 Å². The summed E-state index contributed by atoms with van der Waals surface area (Å²) in [6, 6.07) is 9.69. The molecule has 6 nitrogen and oxygen atoms in total. The molecule has 2 amide bonds. The van der Waals surface area contributed by atoms with Gasteiger partial charge in [-0.25, -0.2) is 4.98 Å². The van der Waals surface area contributed by atoms with Crippen molar-refractivity contribution in [3.63, 3.8) is 0 Å². The van der Waals surface area contributed by atoms with Gasteiger partial charge in [-0.05, 0) is 35.6 Å². The molecule has 8 heteroatoms. The van der Waals surface area contributed by atoms with E-state index in [1.54, 1.807) is 18.4 Å². The van der Waals surface area contributed by atoms with Gasteiger partial charge in [0.05, 0.1) is 12.8 Å². The predicted molar refractivity (Wildman–Crippen MR) is 115 cm³/mol. The summed E-state index contributed by atoms with van der Waals surface area (Å²) in [5.41, 5.74) is 2.85. The summed E-state index contributed by atoms with van der Waals surface area (Å²) in [6.45, 7) is 1.37. The van der Waals surface area contributed by atoms with Gasteiger partial charge in [-0.2, -0.15) is 0 Å². The first-order valence-electron chi connectivity index (χ1n) is 9.36. The molecule has 1 N–H and O–H groups in total. The molecule has 0 saturated carbocycles. The number of benzene rings is 1. The van der Waals surface area contributed by atoms with E-state index in [-0.39, 0.29) is 24.7 Å². The molecule has 0 radical (unpaired) electrons. The summed E-state index contributed by atoms with van der Waals surface area (Å²) >= 11 is 3.10. The Morgan fingerprint density at radius 1 is 1.21 bits per heavy atom. The van der Waals surface area contributed by atoms with E-state index in [0.29, 0.717) is 11.7 Å². The Labute approximate surface area is 177 Å². The molecule has 0 unspecified atom stereocenters. The fraction of sp³-hybridized carbons (Fsp3) is 0.286. The van der Waals surface area contributed by atoms with Gasteiger partial charge in [-0.3, -0.25) is 9.59 Å². The summed E-state index contributed by atoms with van der Waals surface area (Å²) in [5.74, 6) is 0.551. The Kier molecular flexibility index (Phi) is 5.92. The number of aromatic nitrogens is 1. The van der Waals surface area contributed by atoms with E-state index < -0.39 is 0 Å². The van der Waals surface area contributed by atoms with Gasteiger partial charge in [0.1, 0.15) is 5.75 Å². The zero-order chi connectivity index (χ0) is 20.2. The molecular formula is C21H21N3O3S2. The second-order valence-corrected chi connectivity index (χ2v) is 8.58. The first kappa shape index (κ1) is 19.6. The topological polar surface area (TPSA) is 71.5 Å². The van der Waals surface area contributed by atoms with E-state index in [1.165, 1.54) is 21.8 Å². The summed E-state index contributed by atoms with van der Waals surface area (Å²) in [6.07, 6.45) is 1.25. The third-order valence-corrected chi connectivity index (χ3v) is 6.64. The van der Waals surface area contributed by atoms with Crippen molar-refractivity contribution >= 4 is 39.6 Å². The average Bonchev–Trinajstić information content (AvgIpc) is 3.40. The fourth-order valence-electron chi connectivity index (χ4n) is 3.33. The maximum absolute atomic E-state index is 12.5. The summed E-state index contributed by atoms with van der Waals surface area (Å²) in [7, 11) is 1.62. The third kappa shape index (κ3) is 4.49. The normalized spacial score (nSPS) is 13.1. The number of anilines is 1. The lowest BCUT2D eigenvalue weighted by atomic mass is 10.1. The second-order valence-electron chi connectivity index (χ2n) is 6.72. The van der Waals surface area contributed by atoms with Crippen LogP contribution in [0, 0.1) is 0 Å². The molecule has 1 aliphatic rings. The molecule has 3 heterocycles. The van der Waals surface area contributed by atoms with Crippen molar-refractivity contribution in [2.75, 3.05) is 19.0 Å².